The molecule has 0 rings (SSSR count). The third-order valence-corrected chi connectivity index (χ3v) is 17.7. The zero-order valence-corrected chi connectivity index (χ0v) is 59.6. The first-order chi connectivity index (χ1) is 43.0. The van der Waals surface area contributed by atoms with E-state index in [2.05, 4.69) is 86.8 Å². The number of phosphoric ester groups is 1. The molecule has 0 saturated heterocycles. The second kappa shape index (κ2) is 68.8. The largest absolute Gasteiger partial charge is 0.472 e. The van der Waals surface area contributed by atoms with Crippen LogP contribution in [0.1, 0.15) is 361 Å². The lowest BCUT2D eigenvalue weighted by Gasteiger charge is -2.24. The number of hydrogen-bond acceptors (Lipinski definition) is 7. The van der Waals surface area contributed by atoms with Gasteiger partial charge in [0, 0.05) is 12.8 Å². The van der Waals surface area contributed by atoms with Gasteiger partial charge in [-0.2, -0.15) is 0 Å². The molecule has 0 saturated carbocycles. The molecule has 0 aliphatic heterocycles. The van der Waals surface area contributed by atoms with E-state index in [9.17, 15) is 19.0 Å². The zero-order chi connectivity index (χ0) is 64.1. The number of hydrogen-bond donors (Lipinski definition) is 1. The fourth-order valence-electron chi connectivity index (χ4n) is 11.0. The number of ether oxygens (including phenoxy) is 2. The standard InChI is InChI=1S/C78H144NO8P/c1-6-8-10-12-14-16-18-20-22-24-26-28-30-32-34-36-38-39-41-42-44-46-48-50-52-54-56-58-60-62-64-66-68-70-77(80)84-74-76(75-86-88(82,83)85-73-72-79(3,4)5)87-78(81)71-69-67-65-63-61-59-57-55-53-51-49-47-45-43-40-37-35-33-31-29-27-25-23-21-19-17-15-13-11-9-7-2/h9,11,15,17,21,23-24,26-27,29,33,35,76H,6-8,10,12-14,16,18-20,22,25,28,30-32,34,36-75H2,1-5H3/p+1/b11-9-,17-15-,23-21-,26-24-,29-27-,35-33-. The minimum Gasteiger partial charge on any atom is -0.462 e. The van der Waals surface area contributed by atoms with Crippen molar-refractivity contribution in [2.24, 2.45) is 0 Å². The molecule has 0 aromatic rings. The van der Waals surface area contributed by atoms with Crippen molar-refractivity contribution in [3.05, 3.63) is 72.9 Å². The molecule has 0 bridgehead atoms. The molecule has 0 aliphatic rings. The Kier molecular flexibility index (Phi) is 66.8. The average Bonchev–Trinajstić information content (AvgIpc) is 3.68. The van der Waals surface area contributed by atoms with Crippen LogP contribution >= 0.6 is 7.82 Å². The van der Waals surface area contributed by atoms with Crippen LogP contribution in [-0.4, -0.2) is 74.9 Å². The third kappa shape index (κ3) is 72.5. The van der Waals surface area contributed by atoms with Gasteiger partial charge in [0.2, 0.25) is 0 Å². The zero-order valence-electron chi connectivity index (χ0n) is 58.7. The molecule has 2 atom stereocenters. The molecule has 0 amide bonds. The predicted molar refractivity (Wildman–Crippen MR) is 381 cm³/mol. The molecule has 2 unspecified atom stereocenters. The Hall–Kier alpha value is -2.55. The van der Waals surface area contributed by atoms with E-state index < -0.39 is 26.5 Å². The van der Waals surface area contributed by atoms with Gasteiger partial charge in [-0.05, 0) is 83.5 Å². The van der Waals surface area contributed by atoms with Gasteiger partial charge in [-0.1, -0.05) is 337 Å². The molecule has 514 valence electrons. The lowest BCUT2D eigenvalue weighted by molar-refractivity contribution is -0.870. The van der Waals surface area contributed by atoms with Crippen LogP contribution < -0.4 is 0 Å². The van der Waals surface area contributed by atoms with Crippen LogP contribution in [0.15, 0.2) is 72.9 Å². The van der Waals surface area contributed by atoms with Crippen molar-refractivity contribution >= 4 is 19.8 Å². The van der Waals surface area contributed by atoms with Gasteiger partial charge >= 0.3 is 19.8 Å². The Labute approximate surface area is 546 Å². The minimum atomic E-state index is -4.39. The normalized spacial score (nSPS) is 13.5. The summed E-state index contributed by atoms with van der Waals surface area (Å²) in [5.74, 6) is -0.781. The van der Waals surface area contributed by atoms with E-state index in [1.54, 1.807) is 0 Å². The van der Waals surface area contributed by atoms with Crippen LogP contribution in [0.25, 0.3) is 0 Å². The number of rotatable bonds is 70. The highest BCUT2D eigenvalue weighted by Gasteiger charge is 2.27. The third-order valence-electron chi connectivity index (χ3n) is 16.7. The van der Waals surface area contributed by atoms with Crippen LogP contribution in [0.5, 0.6) is 0 Å². The van der Waals surface area contributed by atoms with Crippen molar-refractivity contribution in [2.45, 2.75) is 367 Å². The van der Waals surface area contributed by atoms with Gasteiger partial charge in [0.1, 0.15) is 19.8 Å². The topological polar surface area (TPSA) is 108 Å². The van der Waals surface area contributed by atoms with Gasteiger partial charge in [-0.25, -0.2) is 4.57 Å². The maximum absolute atomic E-state index is 12.9. The first-order valence-electron chi connectivity index (χ1n) is 37.7. The smallest absolute Gasteiger partial charge is 0.462 e. The molecule has 0 aromatic heterocycles. The quantitative estimate of drug-likeness (QED) is 0.0211. The summed E-state index contributed by atoms with van der Waals surface area (Å²) in [4.78, 5) is 35.9. The SMILES string of the molecule is CC/C=C\C/C=C\C/C=C\C/C=C\C/C=C\CCCCCCCCCCCCCCCCCC(=O)OC(COC(=O)CCCCCCCCCCCCCCCCCCCCCCC/C=C\CCCCCCCCCC)COP(=O)(O)OCC[N+](C)(C)C. The number of allylic oxidation sites excluding steroid dienone is 12. The number of quaternary nitrogens is 1. The number of carbonyl (C=O) groups excluding carboxylic acids is 2. The van der Waals surface area contributed by atoms with Crippen LogP contribution in [0.4, 0.5) is 0 Å². The number of nitrogens with zero attached hydrogens (tertiary/aromatic N) is 1. The summed E-state index contributed by atoms with van der Waals surface area (Å²) in [7, 11) is 1.49. The Morgan fingerprint density at radius 2 is 0.648 bits per heavy atom. The summed E-state index contributed by atoms with van der Waals surface area (Å²) in [5.41, 5.74) is 0. The van der Waals surface area contributed by atoms with Gasteiger partial charge in [0.15, 0.2) is 6.10 Å². The molecule has 10 heteroatoms. The van der Waals surface area contributed by atoms with Crippen molar-refractivity contribution < 1.29 is 42.1 Å². The molecule has 0 heterocycles. The lowest BCUT2D eigenvalue weighted by Crippen LogP contribution is -2.37. The van der Waals surface area contributed by atoms with Gasteiger partial charge in [0.25, 0.3) is 0 Å². The van der Waals surface area contributed by atoms with Gasteiger partial charge < -0.3 is 18.9 Å². The van der Waals surface area contributed by atoms with Crippen LogP contribution in [0.3, 0.4) is 0 Å². The molecule has 9 nitrogen and oxygen atoms in total. The molecule has 0 aliphatic carbocycles. The molecular formula is C78H145NO8P+. The van der Waals surface area contributed by atoms with Crippen LogP contribution in [0, 0.1) is 0 Å². The fourth-order valence-corrected chi connectivity index (χ4v) is 11.7. The van der Waals surface area contributed by atoms with Gasteiger partial charge in [-0.15, -0.1) is 0 Å². The van der Waals surface area contributed by atoms with E-state index in [-0.39, 0.29) is 25.6 Å². The van der Waals surface area contributed by atoms with Crippen molar-refractivity contribution in [2.75, 3.05) is 47.5 Å². The molecule has 0 radical (unpaired) electrons. The number of esters is 2. The van der Waals surface area contributed by atoms with Crippen LogP contribution in [0.2, 0.25) is 0 Å². The Morgan fingerprint density at radius 1 is 0.364 bits per heavy atom. The monoisotopic (exact) mass is 1260 g/mol. The summed E-state index contributed by atoms with van der Waals surface area (Å²) < 4.78 is 34.8. The van der Waals surface area contributed by atoms with E-state index in [0.29, 0.717) is 23.9 Å². The Bertz CT molecular complexity index is 1710. The molecule has 88 heavy (non-hydrogen) atoms. The summed E-state index contributed by atoms with van der Waals surface area (Å²) in [6, 6.07) is 0. The highest BCUT2D eigenvalue weighted by atomic mass is 31.2. The fraction of sp³-hybridized carbons (Fsp3) is 0.821. The first-order valence-corrected chi connectivity index (χ1v) is 39.2. The minimum absolute atomic E-state index is 0.0320. The molecule has 1 N–H and O–H groups in total. The predicted octanol–water partition coefficient (Wildman–Crippen LogP) is 24.7. The number of phosphoric acid groups is 1. The Balaban J connectivity index is 3.97. The lowest BCUT2D eigenvalue weighted by atomic mass is 10.0. The van der Waals surface area contributed by atoms with Crippen molar-refractivity contribution in [3.8, 4) is 0 Å². The molecular weight excluding hydrogens is 1110 g/mol. The summed E-state index contributed by atoms with van der Waals surface area (Å²) in [5, 5.41) is 0. The van der Waals surface area contributed by atoms with E-state index in [0.717, 1.165) is 64.2 Å². The number of unbranched alkanes of at least 4 members (excludes halogenated alkanes) is 44. The van der Waals surface area contributed by atoms with E-state index in [4.69, 9.17) is 18.5 Å². The van der Waals surface area contributed by atoms with E-state index in [1.807, 2.05) is 21.1 Å². The maximum atomic E-state index is 12.9. The first kappa shape index (κ1) is 85.5. The number of likely N-dealkylation sites (N-methyl/N-ethyl adjacent to an activating group) is 1. The van der Waals surface area contributed by atoms with Crippen molar-refractivity contribution in [3.63, 3.8) is 0 Å². The summed E-state index contributed by atoms with van der Waals surface area (Å²) in [6.45, 7) is 4.38. The highest BCUT2D eigenvalue weighted by Crippen LogP contribution is 2.43. The van der Waals surface area contributed by atoms with Crippen LogP contribution in [-0.2, 0) is 32.7 Å². The van der Waals surface area contributed by atoms with E-state index in [1.165, 1.54) is 263 Å². The number of carbonyl (C=O) groups is 2. The van der Waals surface area contributed by atoms with Crippen molar-refractivity contribution in [1.29, 1.82) is 0 Å². The molecule has 0 fully saturated rings. The summed E-state index contributed by atoms with van der Waals surface area (Å²) >= 11 is 0. The average molecular weight is 1260 g/mol. The van der Waals surface area contributed by atoms with Gasteiger partial charge in [0.05, 0.1) is 27.7 Å². The van der Waals surface area contributed by atoms with E-state index >= 15 is 0 Å². The Morgan fingerprint density at radius 3 is 0.977 bits per heavy atom. The second-order valence-corrected chi connectivity index (χ2v) is 28.1. The maximum Gasteiger partial charge on any atom is 0.472 e. The summed E-state index contributed by atoms with van der Waals surface area (Å²) in [6.07, 6.45) is 93.2. The van der Waals surface area contributed by atoms with Crippen molar-refractivity contribution in [1.82, 2.24) is 0 Å². The van der Waals surface area contributed by atoms with Gasteiger partial charge in [-0.3, -0.25) is 18.6 Å². The molecule has 0 aromatic carbocycles. The second-order valence-electron chi connectivity index (χ2n) is 26.7. The molecule has 0 spiro atoms. The highest BCUT2D eigenvalue weighted by molar-refractivity contribution is 7.47.